The molecule has 0 aromatic heterocycles. The lowest BCUT2D eigenvalue weighted by Crippen LogP contribution is -2.49. The van der Waals surface area contributed by atoms with Gasteiger partial charge in [0.15, 0.2) is 0 Å². The molecule has 4 atom stereocenters. The number of carbonyl (C=O) groups is 9. The van der Waals surface area contributed by atoms with Gasteiger partial charge in [-0.2, -0.15) is 0 Å². The molecule has 1 heterocycles. The highest BCUT2D eigenvalue weighted by atomic mass is 31.2. The summed E-state index contributed by atoms with van der Waals surface area (Å²) in [5, 5.41) is 61.2. The van der Waals surface area contributed by atoms with Crippen LogP contribution in [0.3, 0.4) is 0 Å². The molecule has 0 radical (unpaired) electrons. The number of hydrogen-bond acceptors (Lipinski definition) is 15. The lowest BCUT2D eigenvalue weighted by atomic mass is 10.0. The van der Waals surface area contributed by atoms with Crippen molar-refractivity contribution in [2.75, 3.05) is 91.3 Å². The number of carboxylic acids is 6. The minimum absolute atomic E-state index is 0.0273. The molecule has 1 aliphatic rings. The summed E-state index contributed by atoms with van der Waals surface area (Å²) in [4.78, 5) is 125. The van der Waals surface area contributed by atoms with Crippen LogP contribution in [0.5, 0.6) is 0 Å². The first kappa shape index (κ1) is 56.8. The van der Waals surface area contributed by atoms with Gasteiger partial charge in [-0.3, -0.25) is 57.7 Å². The smallest absolute Gasteiger partial charge is 0.328 e. The van der Waals surface area contributed by atoms with Crippen molar-refractivity contribution in [3.8, 4) is 0 Å². The highest BCUT2D eigenvalue weighted by Crippen LogP contribution is 2.44. The first-order valence-electron chi connectivity index (χ1n) is 21.5. The Morgan fingerprint density at radius 2 is 1.08 bits per heavy atom. The Hall–Kier alpha value is -5.36. The van der Waals surface area contributed by atoms with E-state index in [9.17, 15) is 83.2 Å². The molecule has 370 valence electrons. The number of nitrogens with one attached hydrogen (secondary N) is 2. The van der Waals surface area contributed by atoms with Gasteiger partial charge in [0.1, 0.15) is 17.9 Å². The topological polar surface area (TPSA) is 359 Å². The lowest BCUT2D eigenvalue weighted by Gasteiger charge is -2.32. The summed E-state index contributed by atoms with van der Waals surface area (Å²) in [5.41, 5.74) is 0.865. The molecule has 66 heavy (non-hydrogen) atoms. The molecule has 1 aliphatic heterocycles. The van der Waals surface area contributed by atoms with Crippen molar-refractivity contribution in [2.24, 2.45) is 5.92 Å². The van der Waals surface area contributed by atoms with Gasteiger partial charge in [-0.15, -0.1) is 0 Å². The zero-order valence-corrected chi connectivity index (χ0v) is 37.8. The quantitative estimate of drug-likeness (QED) is 0.0465. The van der Waals surface area contributed by atoms with E-state index in [0.29, 0.717) is 32.4 Å². The summed E-state index contributed by atoms with van der Waals surface area (Å²) in [5.74, 6) is -10.3. The standard InChI is InChI=1S/C41H63N6O18P/c1-2-4-30(39(57)58)27-66(63,64)65-22-13-33(41(61)62)42-34(49)12-11-32(40(59)60)43-38(56)29-9-7-28(8-10-29)5-3-6-31(48)23-44-14-16-45(24-35(50)51)18-20-47(26-37(54)55)21-19-46(17-15-44)25-36(52)53/h7-10,30,32-33H,2-6,11-27H2,1H3,(H,42,49)(H,43,56)(H,50,51)(H,52,53)(H,54,55)(H,57,58)(H,59,60)(H,61,62)(H,63,64)/t30-,32+,33+/m1/s1. The van der Waals surface area contributed by atoms with Gasteiger partial charge in [-0.1, -0.05) is 25.5 Å². The van der Waals surface area contributed by atoms with Crippen LogP contribution in [-0.2, 0) is 53.9 Å². The predicted molar refractivity (Wildman–Crippen MR) is 232 cm³/mol. The normalized spacial score (nSPS) is 17.1. The van der Waals surface area contributed by atoms with E-state index in [1.807, 2.05) is 4.90 Å². The first-order chi connectivity index (χ1) is 31.1. The van der Waals surface area contributed by atoms with Gasteiger partial charge in [0.25, 0.3) is 5.91 Å². The van der Waals surface area contributed by atoms with Gasteiger partial charge in [-0.25, -0.2) is 9.59 Å². The Morgan fingerprint density at radius 1 is 0.621 bits per heavy atom. The van der Waals surface area contributed by atoms with Crippen LogP contribution in [0.4, 0.5) is 0 Å². The molecule has 1 aromatic carbocycles. The molecule has 0 saturated carbocycles. The van der Waals surface area contributed by atoms with Crippen molar-refractivity contribution in [2.45, 2.75) is 70.4 Å². The van der Waals surface area contributed by atoms with Crippen molar-refractivity contribution < 1.29 is 87.8 Å². The molecule has 2 rings (SSSR count). The lowest BCUT2D eigenvalue weighted by molar-refractivity contribution is -0.143. The SMILES string of the molecule is CCC[C@H](CP(=O)(O)OCC[C@H](NC(=O)CC[C@H](NC(=O)c1ccc(CCCC(=O)CN2CCN(CC(=O)O)CCN(CC(=O)O)CCN(CC(=O)O)CC2)cc1)C(=O)O)C(=O)O)C(=O)O. The van der Waals surface area contributed by atoms with Crippen LogP contribution in [0, 0.1) is 5.92 Å². The van der Waals surface area contributed by atoms with Crippen molar-refractivity contribution in [3.63, 3.8) is 0 Å². The fourth-order valence-electron chi connectivity index (χ4n) is 7.01. The summed E-state index contributed by atoms with van der Waals surface area (Å²) in [6.45, 7) is 2.38. The number of Topliss-reactive ketones (excluding diaryl/α,β-unsaturated/α-hetero) is 1. The number of carbonyl (C=O) groups excluding carboxylic acids is 3. The molecule has 2 amide bonds. The Morgan fingerprint density at radius 3 is 1.50 bits per heavy atom. The third kappa shape index (κ3) is 23.7. The maximum atomic E-state index is 13.1. The second kappa shape index (κ2) is 29.3. The van der Waals surface area contributed by atoms with Gasteiger partial charge in [0.2, 0.25) is 5.91 Å². The Balaban J connectivity index is 1.92. The monoisotopic (exact) mass is 958 g/mol. The number of carboxylic acid groups (broad SMARTS) is 6. The van der Waals surface area contributed by atoms with Crippen molar-refractivity contribution >= 4 is 61.0 Å². The van der Waals surface area contributed by atoms with E-state index in [0.717, 1.165) is 5.56 Å². The second-order valence-electron chi connectivity index (χ2n) is 16.0. The predicted octanol–water partition coefficient (Wildman–Crippen LogP) is -0.321. The van der Waals surface area contributed by atoms with E-state index >= 15 is 0 Å². The molecule has 1 unspecified atom stereocenters. The molecule has 0 bridgehead atoms. The summed E-state index contributed by atoms with van der Waals surface area (Å²) in [7, 11) is -4.41. The molecular formula is C41H63N6O18P. The summed E-state index contributed by atoms with van der Waals surface area (Å²) in [6.07, 6.45) is -0.476. The Kier molecular flexibility index (Phi) is 25.2. The van der Waals surface area contributed by atoms with E-state index in [2.05, 4.69) is 10.6 Å². The number of aliphatic carboxylic acids is 6. The largest absolute Gasteiger partial charge is 0.481 e. The second-order valence-corrected chi connectivity index (χ2v) is 17.9. The van der Waals surface area contributed by atoms with Crippen LogP contribution in [0.15, 0.2) is 24.3 Å². The summed E-state index contributed by atoms with van der Waals surface area (Å²) < 4.78 is 17.3. The molecule has 9 N–H and O–H groups in total. The van der Waals surface area contributed by atoms with Gasteiger partial charge < -0.3 is 50.7 Å². The number of nitrogens with zero attached hydrogens (tertiary/aromatic N) is 4. The average molecular weight is 959 g/mol. The number of rotatable bonds is 29. The van der Waals surface area contributed by atoms with Crippen molar-refractivity contribution in [1.82, 2.24) is 30.2 Å². The Bertz CT molecular complexity index is 1840. The number of amides is 2. The molecule has 1 aromatic rings. The Labute approximate surface area is 381 Å². The van der Waals surface area contributed by atoms with Crippen molar-refractivity contribution in [1.29, 1.82) is 0 Å². The van der Waals surface area contributed by atoms with Crippen LogP contribution in [-0.4, -0.2) is 212 Å². The van der Waals surface area contributed by atoms with Crippen LogP contribution < -0.4 is 10.6 Å². The first-order valence-corrected chi connectivity index (χ1v) is 23.2. The maximum absolute atomic E-state index is 13.1. The molecule has 0 spiro atoms. The van der Waals surface area contributed by atoms with Crippen LogP contribution in [0.1, 0.15) is 67.8 Å². The fourth-order valence-corrected chi connectivity index (χ4v) is 8.40. The molecule has 0 aliphatic carbocycles. The average Bonchev–Trinajstić information content (AvgIpc) is 3.22. The van der Waals surface area contributed by atoms with Gasteiger partial charge >= 0.3 is 43.4 Å². The van der Waals surface area contributed by atoms with E-state index in [4.69, 9.17) is 4.52 Å². The minimum atomic E-state index is -4.41. The minimum Gasteiger partial charge on any atom is -0.481 e. The molecule has 25 heteroatoms. The fraction of sp³-hybridized carbons (Fsp3) is 0.634. The zero-order valence-electron chi connectivity index (χ0n) is 37.0. The van der Waals surface area contributed by atoms with Crippen LogP contribution in [0.25, 0.3) is 0 Å². The van der Waals surface area contributed by atoms with Gasteiger partial charge in [0, 0.05) is 77.2 Å². The highest BCUT2D eigenvalue weighted by molar-refractivity contribution is 7.52. The zero-order chi connectivity index (χ0) is 49.4. The molecule has 24 nitrogen and oxygen atoms in total. The molecule has 1 fully saturated rings. The number of benzene rings is 1. The number of aryl methyl sites for hydroxylation is 1. The van der Waals surface area contributed by atoms with E-state index < -0.39 is 105 Å². The third-order valence-corrected chi connectivity index (χ3v) is 12.1. The van der Waals surface area contributed by atoms with Gasteiger partial charge in [-0.05, 0) is 43.4 Å². The van der Waals surface area contributed by atoms with E-state index in [-0.39, 0.29) is 89.6 Å². The summed E-state index contributed by atoms with van der Waals surface area (Å²) >= 11 is 0. The van der Waals surface area contributed by atoms with Gasteiger partial charge in [0.05, 0.1) is 44.9 Å². The molecule has 1 saturated heterocycles. The highest BCUT2D eigenvalue weighted by Gasteiger charge is 2.31. The molecular weight excluding hydrogens is 895 g/mol. The number of hydrogen-bond donors (Lipinski definition) is 9. The summed E-state index contributed by atoms with van der Waals surface area (Å²) in [6, 6.07) is 3.04. The number of ketones is 1. The van der Waals surface area contributed by atoms with Crippen LogP contribution in [0.2, 0.25) is 0 Å². The third-order valence-electron chi connectivity index (χ3n) is 10.6. The van der Waals surface area contributed by atoms with E-state index in [1.54, 1.807) is 33.8 Å². The van der Waals surface area contributed by atoms with Crippen molar-refractivity contribution in [3.05, 3.63) is 35.4 Å². The van der Waals surface area contributed by atoms with E-state index in [1.165, 1.54) is 12.1 Å². The maximum Gasteiger partial charge on any atom is 0.328 e. The van der Waals surface area contributed by atoms with Crippen LogP contribution >= 0.6 is 7.60 Å².